The molecular weight excluding hydrogens is 404 g/mol. The number of nitrogens with zero attached hydrogens (tertiary/aromatic N) is 1. The molecule has 8 heteroatoms. The highest BCUT2D eigenvalue weighted by molar-refractivity contribution is 7.90. The van der Waals surface area contributed by atoms with Crippen LogP contribution in [-0.2, 0) is 21.2 Å². The summed E-state index contributed by atoms with van der Waals surface area (Å²) in [6.07, 6.45) is -0.121. The van der Waals surface area contributed by atoms with Crippen LogP contribution in [0.5, 0.6) is 0 Å². The van der Waals surface area contributed by atoms with Crippen molar-refractivity contribution in [2.75, 3.05) is 0 Å². The molecule has 5 nitrogen and oxygen atoms in total. The number of benzene rings is 2. The fraction of sp³-hybridized carbons (Fsp3) is 0.158. The lowest BCUT2D eigenvalue weighted by molar-refractivity contribution is -0.118. The Labute approximate surface area is 167 Å². The van der Waals surface area contributed by atoms with Crippen molar-refractivity contribution in [3.63, 3.8) is 0 Å². The first kappa shape index (κ1) is 19.5. The van der Waals surface area contributed by atoms with E-state index in [-0.39, 0.29) is 11.3 Å². The minimum atomic E-state index is -3.99. The number of halogens is 1. The Morgan fingerprint density at radius 2 is 1.96 bits per heavy atom. The van der Waals surface area contributed by atoms with Crippen LogP contribution in [0.3, 0.4) is 0 Å². The van der Waals surface area contributed by atoms with Gasteiger partial charge in [-0.15, -0.1) is 11.3 Å². The van der Waals surface area contributed by atoms with Gasteiger partial charge in [0.2, 0.25) is 5.91 Å². The van der Waals surface area contributed by atoms with Gasteiger partial charge in [-0.1, -0.05) is 35.9 Å². The number of thiazole rings is 1. The highest BCUT2D eigenvalue weighted by Crippen LogP contribution is 2.25. The summed E-state index contributed by atoms with van der Waals surface area (Å²) in [4.78, 5) is 16.6. The van der Waals surface area contributed by atoms with Crippen molar-refractivity contribution in [1.82, 2.24) is 9.71 Å². The number of sulfonamides is 1. The normalized spacial score (nSPS) is 11.4. The zero-order valence-electron chi connectivity index (χ0n) is 14.7. The van der Waals surface area contributed by atoms with E-state index in [1.165, 1.54) is 23.5 Å². The van der Waals surface area contributed by atoms with E-state index in [1.54, 1.807) is 24.3 Å². The quantitative estimate of drug-likeness (QED) is 0.673. The van der Waals surface area contributed by atoms with E-state index in [4.69, 9.17) is 11.6 Å². The maximum Gasteiger partial charge on any atom is 0.264 e. The van der Waals surface area contributed by atoms with Crippen LogP contribution in [0.25, 0.3) is 10.6 Å². The summed E-state index contributed by atoms with van der Waals surface area (Å²) in [7, 11) is -3.99. The second-order valence-electron chi connectivity index (χ2n) is 6.12. The highest BCUT2D eigenvalue weighted by atomic mass is 35.5. The molecule has 0 fully saturated rings. The summed E-state index contributed by atoms with van der Waals surface area (Å²) in [5.41, 5.74) is 3.09. The third-order valence-corrected chi connectivity index (χ3v) is 6.55. The first-order valence-corrected chi connectivity index (χ1v) is 10.8. The summed E-state index contributed by atoms with van der Waals surface area (Å²) < 4.78 is 27.3. The zero-order chi connectivity index (χ0) is 19.6. The van der Waals surface area contributed by atoms with Gasteiger partial charge in [0.25, 0.3) is 10.0 Å². The molecule has 0 saturated carbocycles. The van der Waals surface area contributed by atoms with Crippen molar-refractivity contribution in [2.24, 2.45) is 0 Å². The van der Waals surface area contributed by atoms with E-state index >= 15 is 0 Å². The summed E-state index contributed by atoms with van der Waals surface area (Å²) in [6, 6.07) is 11.6. The molecule has 1 N–H and O–H groups in total. The Kier molecular flexibility index (Phi) is 5.64. The molecule has 0 radical (unpaired) electrons. The number of amides is 1. The number of aryl methyl sites for hydroxylation is 2. The Bertz CT molecular complexity index is 1110. The van der Waals surface area contributed by atoms with Gasteiger partial charge < -0.3 is 0 Å². The van der Waals surface area contributed by atoms with Crippen LogP contribution in [0.1, 0.15) is 16.8 Å². The Morgan fingerprint density at radius 1 is 1.19 bits per heavy atom. The summed E-state index contributed by atoms with van der Waals surface area (Å²) in [5.74, 6) is -0.642. The first-order chi connectivity index (χ1) is 12.7. The van der Waals surface area contributed by atoms with E-state index in [1.807, 2.05) is 25.3 Å². The van der Waals surface area contributed by atoms with Crippen molar-refractivity contribution in [3.8, 4) is 10.6 Å². The zero-order valence-corrected chi connectivity index (χ0v) is 17.1. The molecule has 0 saturated heterocycles. The van der Waals surface area contributed by atoms with Crippen molar-refractivity contribution in [1.29, 1.82) is 0 Å². The van der Waals surface area contributed by atoms with Crippen LogP contribution in [0.2, 0.25) is 5.02 Å². The molecule has 0 aliphatic rings. The molecule has 27 heavy (non-hydrogen) atoms. The molecule has 3 aromatic rings. The molecule has 3 rings (SSSR count). The van der Waals surface area contributed by atoms with Crippen LogP contribution in [0, 0.1) is 13.8 Å². The lowest BCUT2D eigenvalue weighted by Crippen LogP contribution is -2.31. The fourth-order valence-electron chi connectivity index (χ4n) is 2.50. The number of aromatic nitrogens is 1. The molecule has 0 atom stereocenters. The van der Waals surface area contributed by atoms with Crippen molar-refractivity contribution in [2.45, 2.75) is 25.2 Å². The van der Waals surface area contributed by atoms with Gasteiger partial charge in [-0.25, -0.2) is 18.1 Å². The molecule has 2 aromatic carbocycles. The van der Waals surface area contributed by atoms with Gasteiger partial charge in [-0.2, -0.15) is 0 Å². The standard InChI is InChI=1S/C19H17ClN2O3S2/c1-12-6-7-14(17(20)8-12)10-18(23)22-27(24,25)16-5-3-4-15(9-16)19-21-13(2)11-26-19/h3-9,11H,10H2,1-2H3,(H,22,23). The molecule has 0 spiro atoms. The SMILES string of the molecule is Cc1ccc(CC(=O)NS(=O)(=O)c2cccc(-c3nc(C)cs3)c2)c(Cl)c1. The van der Waals surface area contributed by atoms with Crippen LogP contribution >= 0.6 is 22.9 Å². The average molecular weight is 421 g/mol. The lowest BCUT2D eigenvalue weighted by atomic mass is 10.1. The average Bonchev–Trinajstić information content (AvgIpc) is 3.04. The lowest BCUT2D eigenvalue weighted by Gasteiger charge is -2.09. The predicted octanol–water partition coefficient (Wildman–Crippen LogP) is 4.13. The smallest absolute Gasteiger partial charge is 0.264 e. The van der Waals surface area contributed by atoms with E-state index in [9.17, 15) is 13.2 Å². The predicted molar refractivity (Wildman–Crippen MR) is 108 cm³/mol. The Morgan fingerprint density at radius 3 is 2.63 bits per heavy atom. The van der Waals surface area contributed by atoms with Crippen molar-refractivity contribution in [3.05, 3.63) is 69.7 Å². The molecule has 0 unspecified atom stereocenters. The Hall–Kier alpha value is -2.22. The number of hydrogen-bond donors (Lipinski definition) is 1. The monoisotopic (exact) mass is 420 g/mol. The minimum absolute atomic E-state index is 0.0104. The third-order valence-electron chi connectivity index (χ3n) is 3.82. The topological polar surface area (TPSA) is 76.1 Å². The number of hydrogen-bond acceptors (Lipinski definition) is 5. The maximum atomic E-state index is 12.6. The summed E-state index contributed by atoms with van der Waals surface area (Å²) in [5, 5.41) is 3.05. The number of carbonyl (C=O) groups is 1. The Balaban J connectivity index is 1.79. The van der Waals surface area contributed by atoms with Gasteiger partial charge in [0, 0.05) is 21.7 Å². The van der Waals surface area contributed by atoms with E-state index in [0.29, 0.717) is 16.1 Å². The molecule has 1 amide bonds. The first-order valence-electron chi connectivity index (χ1n) is 8.08. The molecule has 1 heterocycles. The van der Waals surface area contributed by atoms with Crippen LogP contribution in [-0.4, -0.2) is 19.3 Å². The number of rotatable bonds is 5. The highest BCUT2D eigenvalue weighted by Gasteiger charge is 2.19. The molecule has 0 aliphatic carbocycles. The minimum Gasteiger partial charge on any atom is -0.274 e. The van der Waals surface area contributed by atoms with E-state index in [2.05, 4.69) is 9.71 Å². The van der Waals surface area contributed by atoms with Gasteiger partial charge in [0.05, 0.1) is 11.3 Å². The maximum absolute atomic E-state index is 12.6. The molecule has 1 aromatic heterocycles. The van der Waals surface area contributed by atoms with E-state index in [0.717, 1.165) is 16.3 Å². The van der Waals surface area contributed by atoms with E-state index < -0.39 is 15.9 Å². The number of nitrogens with one attached hydrogen (secondary N) is 1. The summed E-state index contributed by atoms with van der Waals surface area (Å²) >= 11 is 7.55. The van der Waals surface area contributed by atoms with Crippen molar-refractivity contribution < 1.29 is 13.2 Å². The van der Waals surface area contributed by atoms with Crippen LogP contribution in [0.4, 0.5) is 0 Å². The second-order valence-corrected chi connectivity index (χ2v) is 9.07. The molecule has 0 aliphatic heterocycles. The molecule has 140 valence electrons. The molecule has 0 bridgehead atoms. The fourth-order valence-corrected chi connectivity index (χ4v) is 4.62. The van der Waals surface area contributed by atoms with Gasteiger partial charge >= 0.3 is 0 Å². The van der Waals surface area contributed by atoms with Gasteiger partial charge in [-0.05, 0) is 43.2 Å². The summed E-state index contributed by atoms with van der Waals surface area (Å²) in [6.45, 7) is 3.76. The third kappa shape index (κ3) is 4.74. The van der Waals surface area contributed by atoms with Crippen molar-refractivity contribution >= 4 is 38.9 Å². The largest absolute Gasteiger partial charge is 0.274 e. The molecular formula is C19H17ClN2O3S2. The van der Waals surface area contributed by atoms with Crippen LogP contribution < -0.4 is 4.72 Å². The van der Waals surface area contributed by atoms with Gasteiger partial charge in [0.15, 0.2) is 0 Å². The second kappa shape index (κ2) is 7.80. The van der Waals surface area contributed by atoms with Crippen LogP contribution in [0.15, 0.2) is 52.7 Å². The van der Waals surface area contributed by atoms with Gasteiger partial charge in [0.1, 0.15) is 5.01 Å². The number of carbonyl (C=O) groups excluding carboxylic acids is 1. The van der Waals surface area contributed by atoms with Gasteiger partial charge in [-0.3, -0.25) is 4.79 Å².